The number of aryl methyl sites for hydroxylation is 3. The molecule has 0 saturated heterocycles. The van der Waals surface area contributed by atoms with Gasteiger partial charge in [0.05, 0.1) is 5.56 Å². The third-order valence-corrected chi connectivity index (χ3v) is 4.16. The number of nitrogens with one attached hydrogen (secondary N) is 1. The molecule has 0 bridgehead atoms. The molecule has 1 fully saturated rings. The lowest BCUT2D eigenvalue weighted by molar-refractivity contribution is 0.0937. The highest BCUT2D eigenvalue weighted by atomic mass is 16.1. The van der Waals surface area contributed by atoms with E-state index in [-0.39, 0.29) is 11.9 Å². The van der Waals surface area contributed by atoms with Crippen molar-refractivity contribution in [2.24, 2.45) is 5.92 Å². The van der Waals surface area contributed by atoms with E-state index in [2.05, 4.69) is 17.2 Å². The molecular weight excluding hydrogens is 250 g/mol. The smallest absolute Gasteiger partial charge is 0.255 e. The molecule has 20 heavy (non-hydrogen) atoms. The molecule has 4 heteroatoms. The van der Waals surface area contributed by atoms with E-state index < -0.39 is 0 Å². The fraction of sp³-hybridized carbons (Fsp3) is 0.500. The van der Waals surface area contributed by atoms with E-state index in [1.807, 2.05) is 37.4 Å². The van der Waals surface area contributed by atoms with Gasteiger partial charge in [0.25, 0.3) is 5.91 Å². The second-order valence-electron chi connectivity index (χ2n) is 6.02. The van der Waals surface area contributed by atoms with Crippen molar-refractivity contribution in [1.82, 2.24) is 14.7 Å². The van der Waals surface area contributed by atoms with Gasteiger partial charge < -0.3 is 9.72 Å². The van der Waals surface area contributed by atoms with Gasteiger partial charge in [-0.2, -0.15) is 0 Å². The Morgan fingerprint density at radius 2 is 2.10 bits per heavy atom. The Labute approximate surface area is 119 Å². The zero-order chi connectivity index (χ0) is 14.4. The number of carbonyl (C=O) groups is 1. The highest BCUT2D eigenvalue weighted by Gasteiger charge is 2.30. The van der Waals surface area contributed by atoms with Gasteiger partial charge in [-0.05, 0) is 58.1 Å². The fourth-order valence-electron chi connectivity index (χ4n) is 2.84. The van der Waals surface area contributed by atoms with Crippen LogP contribution in [-0.2, 0) is 0 Å². The predicted molar refractivity (Wildman–Crippen MR) is 79.1 cm³/mol. The first-order valence-corrected chi connectivity index (χ1v) is 7.24. The van der Waals surface area contributed by atoms with Crippen molar-refractivity contribution in [3.05, 3.63) is 34.8 Å². The van der Waals surface area contributed by atoms with E-state index in [1.54, 1.807) is 0 Å². The van der Waals surface area contributed by atoms with Gasteiger partial charge in [0.1, 0.15) is 5.65 Å². The first-order valence-electron chi connectivity index (χ1n) is 7.24. The number of nitrogens with zero attached hydrogens (tertiary/aromatic N) is 2. The second kappa shape index (κ2) is 4.62. The molecule has 3 rings (SSSR count). The van der Waals surface area contributed by atoms with Crippen LogP contribution in [0.25, 0.3) is 5.65 Å². The molecule has 1 unspecified atom stereocenters. The van der Waals surface area contributed by atoms with Crippen LogP contribution in [0.5, 0.6) is 0 Å². The molecule has 1 aliphatic rings. The Balaban J connectivity index is 2.01. The van der Waals surface area contributed by atoms with Crippen LogP contribution in [-0.4, -0.2) is 21.3 Å². The van der Waals surface area contributed by atoms with Crippen LogP contribution in [0.4, 0.5) is 0 Å². The first-order chi connectivity index (χ1) is 9.47. The molecule has 2 aromatic heterocycles. The summed E-state index contributed by atoms with van der Waals surface area (Å²) in [6.45, 7) is 8.06. The van der Waals surface area contributed by atoms with Crippen LogP contribution < -0.4 is 5.32 Å². The van der Waals surface area contributed by atoms with Crippen molar-refractivity contribution in [3.8, 4) is 0 Å². The summed E-state index contributed by atoms with van der Waals surface area (Å²) in [5.74, 6) is 0.659. The summed E-state index contributed by atoms with van der Waals surface area (Å²) in [5.41, 5.74) is 4.50. The molecule has 0 aliphatic heterocycles. The molecule has 1 N–H and O–H groups in total. The summed E-state index contributed by atoms with van der Waals surface area (Å²) < 4.78 is 2.00. The highest BCUT2D eigenvalue weighted by Crippen LogP contribution is 2.32. The summed E-state index contributed by atoms with van der Waals surface area (Å²) in [6.07, 6.45) is 4.45. The lowest BCUT2D eigenvalue weighted by atomic mass is 10.1. The SMILES string of the molecule is Cc1cc(C)n2cc(C)c(C(=O)NC(C)C3CC3)c2n1. The Morgan fingerprint density at radius 3 is 2.75 bits per heavy atom. The van der Waals surface area contributed by atoms with Crippen LogP contribution in [0.1, 0.15) is 47.1 Å². The van der Waals surface area contributed by atoms with Gasteiger partial charge >= 0.3 is 0 Å². The van der Waals surface area contributed by atoms with Crippen molar-refractivity contribution >= 4 is 11.6 Å². The molecule has 2 heterocycles. The first kappa shape index (κ1) is 13.2. The van der Waals surface area contributed by atoms with Gasteiger partial charge in [0.15, 0.2) is 0 Å². The van der Waals surface area contributed by atoms with Crippen LogP contribution in [0, 0.1) is 26.7 Å². The van der Waals surface area contributed by atoms with E-state index in [4.69, 9.17) is 0 Å². The maximum atomic E-state index is 12.5. The monoisotopic (exact) mass is 271 g/mol. The van der Waals surface area contributed by atoms with Gasteiger partial charge in [-0.25, -0.2) is 4.98 Å². The van der Waals surface area contributed by atoms with Crippen LogP contribution in [0.2, 0.25) is 0 Å². The number of rotatable bonds is 3. The van der Waals surface area contributed by atoms with Crippen molar-refractivity contribution in [3.63, 3.8) is 0 Å². The average molecular weight is 271 g/mol. The average Bonchev–Trinajstić information content (AvgIpc) is 3.13. The molecule has 1 atom stereocenters. The van der Waals surface area contributed by atoms with Gasteiger partial charge in [-0.1, -0.05) is 0 Å². The molecule has 2 aromatic rings. The number of fused-ring (bicyclic) bond motifs is 1. The summed E-state index contributed by atoms with van der Waals surface area (Å²) in [5, 5.41) is 3.12. The van der Waals surface area contributed by atoms with Crippen molar-refractivity contribution in [2.75, 3.05) is 0 Å². The number of aromatic nitrogens is 2. The number of carbonyl (C=O) groups excluding carboxylic acids is 1. The van der Waals surface area contributed by atoms with Gasteiger partial charge in [0, 0.05) is 23.6 Å². The molecule has 106 valence electrons. The normalized spacial score (nSPS) is 16.4. The lowest BCUT2D eigenvalue weighted by Gasteiger charge is -2.13. The van der Waals surface area contributed by atoms with Crippen molar-refractivity contribution in [1.29, 1.82) is 0 Å². The van der Waals surface area contributed by atoms with Crippen LogP contribution in [0.15, 0.2) is 12.3 Å². The number of hydrogen-bond donors (Lipinski definition) is 1. The van der Waals surface area contributed by atoms with Gasteiger partial charge in [0.2, 0.25) is 0 Å². The second-order valence-corrected chi connectivity index (χ2v) is 6.02. The zero-order valence-corrected chi connectivity index (χ0v) is 12.5. The van der Waals surface area contributed by atoms with Crippen molar-refractivity contribution in [2.45, 2.75) is 46.6 Å². The quantitative estimate of drug-likeness (QED) is 0.933. The maximum absolute atomic E-state index is 12.5. The largest absolute Gasteiger partial charge is 0.349 e. The Morgan fingerprint density at radius 1 is 1.40 bits per heavy atom. The molecule has 1 saturated carbocycles. The topological polar surface area (TPSA) is 46.4 Å². The molecular formula is C16H21N3O. The molecule has 0 radical (unpaired) electrons. The summed E-state index contributed by atoms with van der Waals surface area (Å²) in [7, 11) is 0. The maximum Gasteiger partial charge on any atom is 0.255 e. The van der Waals surface area contributed by atoms with Gasteiger partial charge in [-0.15, -0.1) is 0 Å². The molecule has 0 aromatic carbocycles. The minimum Gasteiger partial charge on any atom is -0.349 e. The van der Waals surface area contributed by atoms with Crippen molar-refractivity contribution < 1.29 is 4.79 Å². The molecule has 4 nitrogen and oxygen atoms in total. The van der Waals surface area contributed by atoms with E-state index in [1.165, 1.54) is 12.8 Å². The van der Waals surface area contributed by atoms with Crippen LogP contribution >= 0.6 is 0 Å². The summed E-state index contributed by atoms with van der Waals surface area (Å²) in [6, 6.07) is 2.28. The zero-order valence-electron chi connectivity index (χ0n) is 12.5. The standard InChI is InChI=1S/C16H21N3O/c1-9-8-19-11(3)7-10(2)17-15(19)14(9)16(20)18-12(4)13-5-6-13/h7-8,12-13H,5-6H2,1-4H3,(H,18,20). The Kier molecular flexibility index (Phi) is 3.04. The van der Waals surface area contributed by atoms with Crippen LogP contribution in [0.3, 0.4) is 0 Å². The third kappa shape index (κ3) is 2.19. The number of hydrogen-bond acceptors (Lipinski definition) is 2. The minimum absolute atomic E-state index is 0.00176. The Hall–Kier alpha value is -1.84. The van der Waals surface area contributed by atoms with E-state index in [0.717, 1.165) is 22.6 Å². The van der Waals surface area contributed by atoms with Gasteiger partial charge in [-0.3, -0.25) is 4.79 Å². The predicted octanol–water partition coefficient (Wildman–Crippen LogP) is 2.79. The summed E-state index contributed by atoms with van der Waals surface area (Å²) >= 11 is 0. The highest BCUT2D eigenvalue weighted by molar-refractivity contribution is 6.01. The molecule has 1 aliphatic carbocycles. The number of amides is 1. The molecule has 0 spiro atoms. The molecule has 1 amide bonds. The minimum atomic E-state index is 0.00176. The third-order valence-electron chi connectivity index (χ3n) is 4.16. The van der Waals surface area contributed by atoms with E-state index in [9.17, 15) is 4.79 Å². The fourth-order valence-corrected chi connectivity index (χ4v) is 2.84. The van der Waals surface area contributed by atoms with E-state index in [0.29, 0.717) is 11.5 Å². The van der Waals surface area contributed by atoms with E-state index >= 15 is 0 Å². The summed E-state index contributed by atoms with van der Waals surface area (Å²) in [4.78, 5) is 17.1. The lowest BCUT2D eigenvalue weighted by Crippen LogP contribution is -2.34. The Bertz CT molecular complexity index is 683.